The van der Waals surface area contributed by atoms with Crippen molar-refractivity contribution in [2.45, 2.75) is 32.1 Å². The zero-order valence-electron chi connectivity index (χ0n) is 8.43. The molecule has 2 aliphatic heterocycles. The summed E-state index contributed by atoms with van der Waals surface area (Å²) in [5, 5.41) is 3.51. The standard InChI is InChI=1S/C11H21NO/c1-3-11(9-12-6-1)10-4-2-7-13-8-5-10/h10-12H,1-9H2/t10?,11-/m1/s1. The number of hydrogen-bond acceptors (Lipinski definition) is 2. The van der Waals surface area contributed by atoms with Crippen LogP contribution < -0.4 is 5.32 Å². The monoisotopic (exact) mass is 183 g/mol. The Labute approximate surface area is 81.0 Å². The maximum absolute atomic E-state index is 5.50. The zero-order valence-corrected chi connectivity index (χ0v) is 8.43. The van der Waals surface area contributed by atoms with Crippen LogP contribution >= 0.6 is 0 Å². The van der Waals surface area contributed by atoms with E-state index in [9.17, 15) is 0 Å². The lowest BCUT2D eigenvalue weighted by atomic mass is 9.82. The van der Waals surface area contributed by atoms with Gasteiger partial charge in [-0.3, -0.25) is 0 Å². The summed E-state index contributed by atoms with van der Waals surface area (Å²) in [6.45, 7) is 4.49. The predicted molar refractivity (Wildman–Crippen MR) is 53.8 cm³/mol. The minimum atomic E-state index is 0.940. The van der Waals surface area contributed by atoms with Gasteiger partial charge in [0, 0.05) is 13.2 Å². The predicted octanol–water partition coefficient (Wildman–Crippen LogP) is 1.80. The Bertz CT molecular complexity index is 135. The van der Waals surface area contributed by atoms with Crippen LogP contribution in [0.2, 0.25) is 0 Å². The van der Waals surface area contributed by atoms with Gasteiger partial charge in [-0.1, -0.05) is 0 Å². The molecule has 0 radical (unpaired) electrons. The molecule has 2 aliphatic rings. The van der Waals surface area contributed by atoms with Gasteiger partial charge in [0.05, 0.1) is 0 Å². The Morgan fingerprint density at radius 2 is 1.85 bits per heavy atom. The van der Waals surface area contributed by atoms with Crippen LogP contribution in [0.3, 0.4) is 0 Å². The van der Waals surface area contributed by atoms with Gasteiger partial charge in [0.25, 0.3) is 0 Å². The van der Waals surface area contributed by atoms with Crippen molar-refractivity contribution in [3.8, 4) is 0 Å². The molecule has 1 unspecified atom stereocenters. The molecule has 2 rings (SSSR count). The van der Waals surface area contributed by atoms with E-state index in [0.717, 1.165) is 25.0 Å². The fourth-order valence-electron chi connectivity index (χ4n) is 2.68. The van der Waals surface area contributed by atoms with Gasteiger partial charge in [-0.2, -0.15) is 0 Å². The van der Waals surface area contributed by atoms with Gasteiger partial charge in [0.1, 0.15) is 0 Å². The topological polar surface area (TPSA) is 21.3 Å². The quantitative estimate of drug-likeness (QED) is 0.669. The molecule has 13 heavy (non-hydrogen) atoms. The summed E-state index contributed by atoms with van der Waals surface area (Å²) in [4.78, 5) is 0. The van der Waals surface area contributed by atoms with E-state index in [4.69, 9.17) is 4.74 Å². The van der Waals surface area contributed by atoms with Gasteiger partial charge in [-0.15, -0.1) is 0 Å². The van der Waals surface area contributed by atoms with Crippen molar-refractivity contribution >= 4 is 0 Å². The number of rotatable bonds is 1. The summed E-state index contributed by atoms with van der Waals surface area (Å²) in [6.07, 6.45) is 6.79. The maximum atomic E-state index is 5.50. The van der Waals surface area contributed by atoms with Crippen LogP contribution in [0.25, 0.3) is 0 Å². The molecule has 0 spiro atoms. The first-order valence-corrected chi connectivity index (χ1v) is 5.75. The van der Waals surface area contributed by atoms with Crippen LogP contribution in [0.5, 0.6) is 0 Å². The van der Waals surface area contributed by atoms with Crippen molar-refractivity contribution in [1.82, 2.24) is 5.32 Å². The number of ether oxygens (including phenoxy) is 1. The first-order chi connectivity index (χ1) is 6.47. The number of piperidine rings is 1. The van der Waals surface area contributed by atoms with Crippen molar-refractivity contribution < 1.29 is 4.74 Å². The Balaban J connectivity index is 1.82. The highest BCUT2D eigenvalue weighted by Crippen LogP contribution is 2.28. The fraction of sp³-hybridized carbons (Fsp3) is 1.00. The minimum absolute atomic E-state index is 0.940. The molecule has 2 heteroatoms. The van der Waals surface area contributed by atoms with Gasteiger partial charge in [0.2, 0.25) is 0 Å². The molecule has 0 bridgehead atoms. The highest BCUT2D eigenvalue weighted by atomic mass is 16.5. The first-order valence-electron chi connectivity index (χ1n) is 5.75. The highest BCUT2D eigenvalue weighted by molar-refractivity contribution is 4.77. The molecular weight excluding hydrogens is 162 g/mol. The molecule has 0 aromatic heterocycles. The molecule has 2 heterocycles. The second kappa shape index (κ2) is 4.97. The largest absolute Gasteiger partial charge is 0.381 e. The summed E-state index contributed by atoms with van der Waals surface area (Å²) in [6, 6.07) is 0. The summed E-state index contributed by atoms with van der Waals surface area (Å²) >= 11 is 0. The van der Waals surface area contributed by atoms with Crippen molar-refractivity contribution in [1.29, 1.82) is 0 Å². The number of nitrogens with one attached hydrogen (secondary N) is 1. The van der Waals surface area contributed by atoms with Gasteiger partial charge in [-0.05, 0) is 57.0 Å². The van der Waals surface area contributed by atoms with Crippen LogP contribution in [0, 0.1) is 11.8 Å². The van der Waals surface area contributed by atoms with E-state index >= 15 is 0 Å². The second-order valence-corrected chi connectivity index (χ2v) is 4.41. The third kappa shape index (κ3) is 2.68. The SMILES string of the molecule is C1COCCC([C@@H]2CCCNC2)C1. The molecule has 0 amide bonds. The van der Waals surface area contributed by atoms with Crippen molar-refractivity contribution in [3.63, 3.8) is 0 Å². The first kappa shape index (κ1) is 9.47. The molecule has 2 fully saturated rings. The van der Waals surface area contributed by atoms with E-state index in [0.29, 0.717) is 0 Å². The smallest absolute Gasteiger partial charge is 0.0468 e. The lowest BCUT2D eigenvalue weighted by molar-refractivity contribution is 0.136. The normalized spacial score (nSPS) is 36.9. The third-order valence-electron chi connectivity index (χ3n) is 3.50. The molecule has 2 nitrogen and oxygen atoms in total. The van der Waals surface area contributed by atoms with E-state index < -0.39 is 0 Å². The summed E-state index contributed by atoms with van der Waals surface area (Å²) < 4.78 is 5.50. The van der Waals surface area contributed by atoms with Gasteiger partial charge < -0.3 is 10.1 Å². The van der Waals surface area contributed by atoms with E-state index in [-0.39, 0.29) is 0 Å². The zero-order chi connectivity index (χ0) is 8.93. The van der Waals surface area contributed by atoms with Gasteiger partial charge in [0.15, 0.2) is 0 Å². The summed E-state index contributed by atoms with van der Waals surface area (Å²) in [5.74, 6) is 1.88. The molecular formula is C11H21NO. The van der Waals surface area contributed by atoms with E-state index in [1.807, 2.05) is 0 Å². The van der Waals surface area contributed by atoms with Gasteiger partial charge >= 0.3 is 0 Å². The van der Waals surface area contributed by atoms with Crippen molar-refractivity contribution in [2.75, 3.05) is 26.3 Å². The third-order valence-corrected chi connectivity index (χ3v) is 3.50. The Morgan fingerprint density at radius 1 is 0.923 bits per heavy atom. The van der Waals surface area contributed by atoms with Crippen molar-refractivity contribution in [2.24, 2.45) is 11.8 Å². The van der Waals surface area contributed by atoms with E-state index in [1.54, 1.807) is 0 Å². The summed E-state index contributed by atoms with van der Waals surface area (Å²) in [5.41, 5.74) is 0. The molecule has 0 aromatic carbocycles. The maximum Gasteiger partial charge on any atom is 0.0468 e. The molecule has 76 valence electrons. The molecule has 0 aromatic rings. The van der Waals surface area contributed by atoms with Crippen LogP contribution in [-0.2, 0) is 4.74 Å². The average molecular weight is 183 g/mol. The molecule has 0 aliphatic carbocycles. The van der Waals surface area contributed by atoms with Crippen molar-refractivity contribution in [3.05, 3.63) is 0 Å². The van der Waals surface area contributed by atoms with Crippen LogP contribution in [0.1, 0.15) is 32.1 Å². The number of hydrogen-bond donors (Lipinski definition) is 1. The van der Waals surface area contributed by atoms with E-state index in [1.165, 1.54) is 45.2 Å². The molecule has 0 saturated carbocycles. The van der Waals surface area contributed by atoms with Crippen LogP contribution in [0.15, 0.2) is 0 Å². The lowest BCUT2D eigenvalue weighted by Crippen LogP contribution is -2.34. The minimum Gasteiger partial charge on any atom is -0.381 e. The van der Waals surface area contributed by atoms with E-state index in [2.05, 4.69) is 5.32 Å². The fourth-order valence-corrected chi connectivity index (χ4v) is 2.68. The lowest BCUT2D eigenvalue weighted by Gasteiger charge is -2.29. The van der Waals surface area contributed by atoms with Crippen LogP contribution in [0.4, 0.5) is 0 Å². The second-order valence-electron chi connectivity index (χ2n) is 4.41. The van der Waals surface area contributed by atoms with Crippen LogP contribution in [-0.4, -0.2) is 26.3 Å². The average Bonchev–Trinajstić information content (AvgIpc) is 2.47. The summed E-state index contributed by atoms with van der Waals surface area (Å²) in [7, 11) is 0. The Hall–Kier alpha value is -0.0800. The Kier molecular flexibility index (Phi) is 3.62. The highest BCUT2D eigenvalue weighted by Gasteiger charge is 2.24. The van der Waals surface area contributed by atoms with Gasteiger partial charge in [-0.25, -0.2) is 0 Å². The molecule has 1 N–H and O–H groups in total. The molecule has 2 atom stereocenters. The Morgan fingerprint density at radius 3 is 2.69 bits per heavy atom. The molecule has 2 saturated heterocycles.